The number of hydrazine groups is 1. The van der Waals surface area contributed by atoms with E-state index >= 15 is 4.79 Å². The number of anilines is 2. The highest BCUT2D eigenvalue weighted by Crippen LogP contribution is 2.50. The van der Waals surface area contributed by atoms with Crippen molar-refractivity contribution in [3.8, 4) is 11.5 Å². The van der Waals surface area contributed by atoms with Crippen molar-refractivity contribution in [2.75, 3.05) is 12.1 Å². The molecular weight excluding hydrogens is 835 g/mol. The molecule has 3 aromatic carbocycles. The van der Waals surface area contributed by atoms with Gasteiger partial charge in [-0.2, -0.15) is 0 Å². The number of Topliss-reactive ketones (excluding diaryl/α,β-unsaturated/α-hetero) is 2. The number of para-hydroxylation sites is 2. The number of esters is 1. The molecule has 7 rings (SSSR count). The van der Waals surface area contributed by atoms with E-state index < -0.39 is 94.4 Å². The fourth-order valence-corrected chi connectivity index (χ4v) is 8.45. The maximum absolute atomic E-state index is 15.1. The minimum Gasteiger partial charge on any atom is -0.507 e. The average molecular weight is 892 g/mol. The van der Waals surface area contributed by atoms with Gasteiger partial charge in [-0.05, 0) is 44.2 Å². The molecule has 15 nitrogen and oxygen atoms in total. The molecule has 4 aliphatic rings. The molecule has 0 aromatic heterocycles. The number of aliphatic hydroxyl groups excluding tert-OH is 3. The highest BCUT2D eigenvalue weighted by molar-refractivity contribution is 6.25. The lowest BCUT2D eigenvalue weighted by Crippen LogP contribution is -2.46. The minimum absolute atomic E-state index is 0.00995. The number of phenolic OH excluding ortho intramolecular Hbond substituents is 1. The monoisotopic (exact) mass is 891 g/mol. The van der Waals surface area contributed by atoms with Crippen molar-refractivity contribution < 1.29 is 58.6 Å². The first-order chi connectivity index (χ1) is 30.8. The lowest BCUT2D eigenvalue weighted by molar-refractivity contribution is -0.160. The van der Waals surface area contributed by atoms with Gasteiger partial charge in [0, 0.05) is 62.0 Å². The van der Waals surface area contributed by atoms with Gasteiger partial charge in [0.25, 0.3) is 11.7 Å². The maximum Gasteiger partial charge on any atom is 0.312 e. The molecule has 0 fully saturated rings. The second kappa shape index (κ2) is 19.6. The summed E-state index contributed by atoms with van der Waals surface area (Å²) >= 11 is 0. The predicted octanol–water partition coefficient (Wildman–Crippen LogP) is 7.02. The zero-order valence-corrected chi connectivity index (χ0v) is 37.9. The number of nitrogens with one attached hydrogen (secondary N) is 2. The molecule has 0 saturated carbocycles. The summed E-state index contributed by atoms with van der Waals surface area (Å²) in [6.07, 6.45) is 4.68. The molecule has 3 heterocycles. The number of methoxy groups -OCH3 is 1. The zero-order chi connectivity index (χ0) is 47.5. The molecule has 1 amide bonds. The summed E-state index contributed by atoms with van der Waals surface area (Å²) in [5.74, 6) is -9.10. The van der Waals surface area contributed by atoms with E-state index in [0.717, 1.165) is 0 Å². The summed E-state index contributed by atoms with van der Waals surface area (Å²) in [7, 11) is 1.43. The van der Waals surface area contributed by atoms with Crippen molar-refractivity contribution in [1.29, 1.82) is 0 Å². The van der Waals surface area contributed by atoms with Crippen molar-refractivity contribution in [2.24, 2.45) is 23.7 Å². The van der Waals surface area contributed by atoms with Crippen LogP contribution < -0.4 is 20.5 Å². The molecule has 3 aliphatic heterocycles. The van der Waals surface area contributed by atoms with Crippen LogP contribution in [-0.4, -0.2) is 81.2 Å². The van der Waals surface area contributed by atoms with Crippen LogP contribution in [0.5, 0.6) is 11.5 Å². The summed E-state index contributed by atoms with van der Waals surface area (Å²) in [6, 6.07) is 18.3. The number of ketones is 2. The largest absolute Gasteiger partial charge is 0.507 e. The number of hydrogen-bond acceptors (Lipinski definition) is 14. The number of hydrogen-bond donors (Lipinski definition) is 6. The number of amides is 1. The van der Waals surface area contributed by atoms with Crippen molar-refractivity contribution in [1.82, 2.24) is 10.7 Å². The van der Waals surface area contributed by atoms with Gasteiger partial charge in [-0.25, -0.2) is 0 Å². The fourth-order valence-electron chi connectivity index (χ4n) is 8.45. The van der Waals surface area contributed by atoms with Crippen LogP contribution in [0.15, 0.2) is 114 Å². The van der Waals surface area contributed by atoms with Crippen LogP contribution in [0.2, 0.25) is 0 Å². The maximum atomic E-state index is 15.1. The molecule has 0 unspecified atom stereocenters. The van der Waals surface area contributed by atoms with E-state index in [2.05, 4.69) is 10.7 Å². The summed E-state index contributed by atoms with van der Waals surface area (Å²) in [5.41, 5.74) is 2.93. The van der Waals surface area contributed by atoms with Crippen LogP contribution in [0.3, 0.4) is 0 Å². The van der Waals surface area contributed by atoms with Gasteiger partial charge in [0.15, 0.2) is 11.5 Å². The first-order valence-electron chi connectivity index (χ1n) is 21.4. The summed E-state index contributed by atoms with van der Waals surface area (Å²) < 4.78 is 23.7. The van der Waals surface area contributed by atoms with Gasteiger partial charge in [0.1, 0.15) is 17.6 Å². The minimum atomic E-state index is -2.11. The van der Waals surface area contributed by atoms with Gasteiger partial charge in [-0.3, -0.25) is 24.2 Å². The number of allylic oxidation sites excluding steroid dienone is 3. The zero-order valence-electron chi connectivity index (χ0n) is 37.9. The standard InChI is InChI=1S/C50H57N3O12/c1-26-17-16-18-27(2)49(61)52-40-35(25-51-53(33-19-12-10-13-20-33)34-21-14-11-15-22-34)44(58)37-38(45(40)59)43(57)31(6)47-39(37)48(60)50(8,65-47)63-24-23-36(62-9)28(3)46(64-32(7)54)30(5)42(56)29(4)41(26)55/h10-26,28-30,36,41-42,46,51,55-57,59H,1-9H3,(H,52,61)/b17-16+,24-23+,27-18-,35-25+/t26-,28-,29-,30-,36+,41+,42-,46-,50+/m1/s1. The Morgan fingerprint density at radius 2 is 1.48 bits per heavy atom. The van der Waals surface area contributed by atoms with Crippen molar-refractivity contribution in [3.63, 3.8) is 0 Å². The quantitative estimate of drug-likeness (QED) is 0.0835. The molecule has 0 radical (unpaired) electrons. The van der Waals surface area contributed by atoms with Gasteiger partial charge >= 0.3 is 11.8 Å². The van der Waals surface area contributed by atoms with E-state index in [1.165, 1.54) is 59.4 Å². The third kappa shape index (κ3) is 9.44. The predicted molar refractivity (Wildman–Crippen MR) is 243 cm³/mol. The molecule has 15 heteroatoms. The lowest BCUT2D eigenvalue weighted by Gasteiger charge is -2.38. The van der Waals surface area contributed by atoms with E-state index in [9.17, 15) is 34.8 Å². The van der Waals surface area contributed by atoms with Gasteiger partial charge in [-0.15, -0.1) is 0 Å². The third-order valence-electron chi connectivity index (χ3n) is 12.4. The molecule has 0 saturated heterocycles. The Balaban J connectivity index is 1.52. The van der Waals surface area contributed by atoms with E-state index in [0.29, 0.717) is 11.4 Å². The Bertz CT molecular complexity index is 2440. The Morgan fingerprint density at radius 3 is 2.06 bits per heavy atom. The van der Waals surface area contributed by atoms with Gasteiger partial charge in [-0.1, -0.05) is 82.3 Å². The molecule has 344 valence electrons. The number of fused-ring (bicyclic) bond motifs is 14. The fraction of sp³-hybridized carbons (Fsp3) is 0.360. The summed E-state index contributed by atoms with van der Waals surface area (Å²) in [5, 5.41) is 51.2. The molecule has 3 aromatic rings. The summed E-state index contributed by atoms with van der Waals surface area (Å²) in [4.78, 5) is 56.0. The number of rotatable bonds is 6. The number of aromatic hydroxyl groups is 1. The Labute approximate surface area is 378 Å². The van der Waals surface area contributed by atoms with Crippen LogP contribution in [0.1, 0.15) is 80.3 Å². The number of benzene rings is 3. The molecular formula is C50H57N3O12. The van der Waals surface area contributed by atoms with E-state index in [-0.39, 0.29) is 39.3 Å². The second-order valence-electron chi connectivity index (χ2n) is 16.9. The number of aliphatic hydroxyl groups is 3. The van der Waals surface area contributed by atoms with E-state index in [1.54, 1.807) is 44.9 Å². The van der Waals surface area contributed by atoms with E-state index in [4.69, 9.17) is 18.9 Å². The third-order valence-corrected chi connectivity index (χ3v) is 12.4. The lowest BCUT2D eigenvalue weighted by atomic mass is 9.78. The number of phenols is 1. The molecule has 6 N–H and O–H groups in total. The second-order valence-corrected chi connectivity index (χ2v) is 16.9. The number of carbonyl (C=O) groups is 4. The number of nitrogens with zero attached hydrogens (tertiary/aromatic N) is 1. The first-order valence-corrected chi connectivity index (χ1v) is 21.4. The Morgan fingerprint density at radius 1 is 0.862 bits per heavy atom. The smallest absolute Gasteiger partial charge is 0.312 e. The van der Waals surface area contributed by atoms with Crippen LogP contribution in [0.25, 0.3) is 5.76 Å². The van der Waals surface area contributed by atoms with Gasteiger partial charge in [0.05, 0.1) is 63.9 Å². The van der Waals surface area contributed by atoms with Crippen LogP contribution >= 0.6 is 0 Å². The molecule has 0 spiro atoms. The highest BCUT2D eigenvalue weighted by atomic mass is 16.7. The molecule has 9 atom stereocenters. The number of carbonyl (C=O) groups excluding carboxylic acids is 4. The van der Waals surface area contributed by atoms with Crippen molar-refractivity contribution in [2.45, 2.75) is 85.6 Å². The van der Waals surface area contributed by atoms with E-state index in [1.807, 2.05) is 60.7 Å². The number of ether oxygens (including phenoxy) is 4. The average Bonchev–Trinajstić information content (AvgIpc) is 3.56. The van der Waals surface area contributed by atoms with Crippen LogP contribution in [0.4, 0.5) is 11.4 Å². The Kier molecular flexibility index (Phi) is 14.4. The molecule has 1 aliphatic carbocycles. The SMILES string of the molecule is CO[C@H]1/C=C/O[C@@]2(C)Oc3c(C)c(O)c4c(c3C2=O)C(=O)/C(=C/NN(c2ccccc2)c2ccccc2)C(=C4O)NC(=O)/C(C)=C\C=C\[C@@H](C)[C@H](O)[C@@H](C)[C@@H](O)[C@@H](C)[C@H](OC(C)=O)[C@@H]1C. The van der Waals surface area contributed by atoms with Crippen molar-refractivity contribution in [3.05, 3.63) is 137 Å². The topological polar surface area (TPSA) is 213 Å². The van der Waals surface area contributed by atoms with Crippen LogP contribution in [0, 0.1) is 30.6 Å². The van der Waals surface area contributed by atoms with Gasteiger partial charge in [0.2, 0.25) is 0 Å². The summed E-state index contributed by atoms with van der Waals surface area (Å²) in [6.45, 7) is 12.4. The van der Waals surface area contributed by atoms with Gasteiger partial charge < -0.3 is 50.1 Å². The van der Waals surface area contributed by atoms with Crippen LogP contribution in [-0.2, 0) is 23.8 Å². The highest BCUT2D eigenvalue weighted by Gasteiger charge is 2.52. The molecule has 65 heavy (non-hydrogen) atoms. The van der Waals surface area contributed by atoms with Crippen molar-refractivity contribution >= 4 is 40.6 Å². The Hall–Kier alpha value is -6.68. The first kappa shape index (κ1) is 47.8. The molecule has 5 bridgehead atoms. The normalized spacial score (nSPS) is 29.8.